The lowest BCUT2D eigenvalue weighted by atomic mass is 9.88. The van der Waals surface area contributed by atoms with Crippen LogP contribution < -0.4 is 10.6 Å². The molecule has 2 aromatic heterocycles. The van der Waals surface area contributed by atoms with Gasteiger partial charge in [-0.25, -0.2) is 9.17 Å². The largest absolute Gasteiger partial charge is 0.336 e. The maximum atomic E-state index is 13.0. The van der Waals surface area contributed by atoms with Crippen LogP contribution in [-0.4, -0.2) is 67.5 Å². The van der Waals surface area contributed by atoms with E-state index >= 15 is 0 Å². The smallest absolute Gasteiger partial charge is 0.327 e. The second kappa shape index (κ2) is 7.34. The van der Waals surface area contributed by atoms with Crippen molar-refractivity contribution in [3.8, 4) is 0 Å². The van der Waals surface area contributed by atoms with Gasteiger partial charge >= 0.3 is 5.69 Å². The maximum Gasteiger partial charge on any atom is 0.327 e. The van der Waals surface area contributed by atoms with Gasteiger partial charge in [-0.1, -0.05) is 20.8 Å². The summed E-state index contributed by atoms with van der Waals surface area (Å²) in [5, 5.41) is 1.84. The van der Waals surface area contributed by atoms with Crippen molar-refractivity contribution in [3.63, 3.8) is 0 Å². The number of nitrogens with zero attached hydrogens (tertiary/aromatic N) is 5. The van der Waals surface area contributed by atoms with Crippen LogP contribution in [0.5, 0.6) is 0 Å². The lowest BCUT2D eigenvalue weighted by Crippen LogP contribution is -2.68. The van der Waals surface area contributed by atoms with Crippen LogP contribution in [0.3, 0.4) is 0 Å². The fraction of sp³-hybridized carbons (Fsp3) is 0.591. The zero-order chi connectivity index (χ0) is 21.9. The van der Waals surface area contributed by atoms with Crippen LogP contribution in [0.25, 0.3) is 6.08 Å². The fourth-order valence-corrected chi connectivity index (χ4v) is 5.80. The molecule has 1 amide bonds. The van der Waals surface area contributed by atoms with E-state index in [9.17, 15) is 9.59 Å². The van der Waals surface area contributed by atoms with Crippen LogP contribution in [-0.2, 0) is 7.05 Å². The Morgan fingerprint density at radius 1 is 1.26 bits per heavy atom. The van der Waals surface area contributed by atoms with Gasteiger partial charge in [0.25, 0.3) is 5.91 Å². The first-order valence-electron chi connectivity index (χ1n) is 10.9. The maximum absolute atomic E-state index is 13.0. The lowest BCUT2D eigenvalue weighted by Gasteiger charge is -2.56. The number of hydrogen-bond acceptors (Lipinski definition) is 6. The number of aromatic nitrogens is 3. The average molecular weight is 443 g/mol. The first-order chi connectivity index (χ1) is 14.7. The molecule has 3 unspecified atom stereocenters. The highest BCUT2D eigenvalue weighted by Crippen LogP contribution is 2.37. The third-order valence-corrected chi connectivity index (χ3v) is 7.21. The minimum Gasteiger partial charge on any atom is -0.336 e. The Morgan fingerprint density at radius 2 is 2.03 bits per heavy atom. The van der Waals surface area contributed by atoms with E-state index in [1.807, 2.05) is 23.4 Å². The molecule has 4 aliphatic heterocycles. The molecule has 9 heteroatoms. The number of nitrogens with one attached hydrogen (secondary N) is 1. The molecule has 0 spiro atoms. The Hall–Kier alpha value is -2.39. The van der Waals surface area contributed by atoms with Crippen LogP contribution in [0.1, 0.15) is 49.7 Å². The van der Waals surface area contributed by atoms with Crippen molar-refractivity contribution in [1.29, 1.82) is 0 Å². The standard InChI is InChI=1S/C22H30N6O2S/c1-22(2,3)13-28-18(8-7-17-19(28)25(4)21(30)24-17)26-10-16-6-5-15(26)11-27(16)20(29)14-9-23-31-12-14/h7-9,12,15-16,18H,5-6,10-11,13H2,1-4H3,(H,24,30). The molecule has 0 aromatic carbocycles. The van der Waals surface area contributed by atoms with Crippen molar-refractivity contribution in [3.05, 3.63) is 39.4 Å². The number of hydrogen-bond donors (Lipinski definition) is 1. The van der Waals surface area contributed by atoms with E-state index < -0.39 is 0 Å². The number of anilines is 1. The molecule has 6 heterocycles. The first-order valence-corrected chi connectivity index (χ1v) is 11.8. The summed E-state index contributed by atoms with van der Waals surface area (Å²) in [5.74, 6) is 1.05. The van der Waals surface area contributed by atoms with E-state index in [1.165, 1.54) is 11.5 Å². The Bertz CT molecular complexity index is 1060. The predicted molar refractivity (Wildman–Crippen MR) is 122 cm³/mol. The molecule has 2 aromatic rings. The molecule has 6 rings (SSSR count). The third-order valence-electron chi connectivity index (χ3n) is 6.63. The normalized spacial score (nSPS) is 25.9. The van der Waals surface area contributed by atoms with Gasteiger partial charge in [0.1, 0.15) is 12.0 Å². The molecule has 31 heavy (non-hydrogen) atoms. The Labute approximate surface area is 186 Å². The van der Waals surface area contributed by atoms with Gasteiger partial charge in [0.15, 0.2) is 0 Å². The van der Waals surface area contributed by atoms with E-state index in [0.29, 0.717) is 11.6 Å². The van der Waals surface area contributed by atoms with Gasteiger partial charge in [-0.15, -0.1) is 0 Å². The number of amides is 1. The fourth-order valence-electron chi connectivity index (χ4n) is 5.29. The van der Waals surface area contributed by atoms with Crippen LogP contribution in [0.2, 0.25) is 0 Å². The highest BCUT2D eigenvalue weighted by Gasteiger charge is 2.46. The number of carbonyl (C=O) groups is 1. The molecule has 0 radical (unpaired) electrons. The molecule has 0 aliphatic carbocycles. The number of rotatable bonds is 3. The van der Waals surface area contributed by atoms with Crippen molar-refractivity contribution in [1.82, 2.24) is 23.7 Å². The van der Waals surface area contributed by atoms with Crippen molar-refractivity contribution in [2.75, 3.05) is 24.5 Å². The quantitative estimate of drug-likeness (QED) is 0.790. The van der Waals surface area contributed by atoms with E-state index in [-0.39, 0.29) is 29.2 Å². The summed E-state index contributed by atoms with van der Waals surface area (Å²) < 4.78 is 5.82. The lowest BCUT2D eigenvalue weighted by molar-refractivity contribution is -0.0247. The zero-order valence-corrected chi connectivity index (χ0v) is 19.4. The second-order valence-corrected chi connectivity index (χ2v) is 10.8. The number of carbonyl (C=O) groups excluding carboxylic acids is 1. The molecule has 0 saturated carbocycles. The van der Waals surface area contributed by atoms with Crippen LogP contribution in [0, 0.1) is 5.41 Å². The number of piperidine rings is 2. The van der Waals surface area contributed by atoms with Gasteiger partial charge in [-0.05, 0) is 41.9 Å². The molecule has 3 atom stereocenters. The number of piperazine rings is 1. The van der Waals surface area contributed by atoms with E-state index in [2.05, 4.69) is 46.0 Å². The summed E-state index contributed by atoms with van der Waals surface area (Å²) in [6.07, 6.45) is 8.12. The van der Waals surface area contributed by atoms with Gasteiger partial charge in [-0.2, -0.15) is 0 Å². The molecule has 4 aliphatic rings. The van der Waals surface area contributed by atoms with Crippen molar-refractivity contribution < 1.29 is 4.79 Å². The summed E-state index contributed by atoms with van der Waals surface area (Å²) in [4.78, 5) is 35.3. The number of H-pyrrole nitrogens is 1. The average Bonchev–Trinajstić information content (AvgIpc) is 3.36. The highest BCUT2D eigenvalue weighted by molar-refractivity contribution is 7.03. The summed E-state index contributed by atoms with van der Waals surface area (Å²) in [6, 6.07) is 0.508. The summed E-state index contributed by atoms with van der Waals surface area (Å²) in [7, 11) is 1.83. The van der Waals surface area contributed by atoms with Crippen LogP contribution >= 0.6 is 11.5 Å². The molecule has 166 valence electrons. The first kappa shape index (κ1) is 20.5. The molecular weight excluding hydrogens is 412 g/mol. The van der Waals surface area contributed by atoms with E-state index in [1.54, 1.807) is 10.8 Å². The van der Waals surface area contributed by atoms with Gasteiger partial charge < -0.3 is 14.8 Å². The highest BCUT2D eigenvalue weighted by atomic mass is 32.1. The molecule has 3 saturated heterocycles. The topological polar surface area (TPSA) is 77.5 Å². The van der Waals surface area contributed by atoms with E-state index in [0.717, 1.165) is 44.0 Å². The Kier molecular flexibility index (Phi) is 4.86. The summed E-state index contributed by atoms with van der Waals surface area (Å²) in [6.45, 7) is 9.10. The van der Waals surface area contributed by atoms with Crippen LogP contribution in [0.4, 0.5) is 5.82 Å². The van der Waals surface area contributed by atoms with Gasteiger partial charge in [0.05, 0.1) is 17.5 Å². The van der Waals surface area contributed by atoms with Crippen LogP contribution in [0.15, 0.2) is 22.4 Å². The minimum absolute atomic E-state index is 0.0662. The van der Waals surface area contributed by atoms with Crippen molar-refractivity contribution >= 4 is 29.3 Å². The zero-order valence-electron chi connectivity index (χ0n) is 18.5. The van der Waals surface area contributed by atoms with Gasteiger partial charge in [0.2, 0.25) is 0 Å². The Balaban J connectivity index is 1.44. The summed E-state index contributed by atoms with van der Waals surface area (Å²) >= 11 is 1.32. The van der Waals surface area contributed by atoms with Crippen molar-refractivity contribution in [2.24, 2.45) is 12.5 Å². The van der Waals surface area contributed by atoms with Gasteiger partial charge in [0, 0.05) is 44.1 Å². The van der Waals surface area contributed by atoms with E-state index in [4.69, 9.17) is 0 Å². The SMILES string of the molecule is Cn1c2c([nH]c1=O)C=CC(N1CC3CCC1CN3C(=O)c1cnsc1)N2CC(C)(C)C. The molecule has 3 fully saturated rings. The predicted octanol–water partition coefficient (Wildman–Crippen LogP) is 2.36. The summed E-state index contributed by atoms with van der Waals surface area (Å²) in [5.41, 5.74) is 1.55. The second-order valence-electron chi connectivity index (χ2n) is 10.1. The molecule has 8 nitrogen and oxygen atoms in total. The molecule has 1 N–H and O–H groups in total. The third kappa shape index (κ3) is 3.53. The molecular formula is C22H30N6O2S. The minimum atomic E-state index is -0.0875. The monoisotopic (exact) mass is 442 g/mol. The number of aromatic amines is 1. The van der Waals surface area contributed by atoms with Gasteiger partial charge in [-0.3, -0.25) is 14.3 Å². The molecule has 2 bridgehead atoms. The Morgan fingerprint density at radius 3 is 2.68 bits per heavy atom. The number of fused-ring (bicyclic) bond motifs is 4. The van der Waals surface area contributed by atoms with Crippen molar-refractivity contribution in [2.45, 2.75) is 51.9 Å². The number of imidazole rings is 1.